The minimum Gasteiger partial charge on any atom is -0.330 e. The first-order chi connectivity index (χ1) is 7.51. The lowest BCUT2D eigenvalue weighted by Crippen LogP contribution is -2.17. The molecule has 1 heteroatoms. The molecule has 0 aromatic heterocycles. The topological polar surface area (TPSA) is 26.0 Å². The molecule has 1 aromatic rings. The van der Waals surface area contributed by atoms with E-state index in [1.54, 1.807) is 0 Å². The second-order valence-electron chi connectivity index (χ2n) is 4.95. The largest absolute Gasteiger partial charge is 0.330 e. The van der Waals surface area contributed by atoms with E-state index in [1.807, 2.05) is 0 Å². The van der Waals surface area contributed by atoms with Crippen LogP contribution in [0.4, 0.5) is 0 Å². The van der Waals surface area contributed by atoms with Gasteiger partial charge in [0.25, 0.3) is 0 Å². The molecule has 1 nitrogen and oxygen atoms in total. The maximum atomic E-state index is 5.81. The van der Waals surface area contributed by atoms with Crippen molar-refractivity contribution < 1.29 is 0 Å². The normalized spacial score (nSPS) is 12.9. The third-order valence-corrected chi connectivity index (χ3v) is 3.92. The van der Waals surface area contributed by atoms with Crippen molar-refractivity contribution in [1.82, 2.24) is 0 Å². The first-order valence-electron chi connectivity index (χ1n) is 6.27. The van der Waals surface area contributed by atoms with Crippen LogP contribution in [0.25, 0.3) is 0 Å². The molecular weight excluding hydrogens is 194 g/mol. The summed E-state index contributed by atoms with van der Waals surface area (Å²) < 4.78 is 0. The Morgan fingerprint density at radius 2 is 1.56 bits per heavy atom. The SMILES string of the molecule is CCC(CN)Cc1c(C)c(C)cc(C)c1C. The summed E-state index contributed by atoms with van der Waals surface area (Å²) in [5.41, 5.74) is 13.1. The molecule has 0 heterocycles. The highest BCUT2D eigenvalue weighted by atomic mass is 14.5. The fourth-order valence-corrected chi connectivity index (χ4v) is 2.29. The van der Waals surface area contributed by atoms with Crippen LogP contribution in [0.2, 0.25) is 0 Å². The van der Waals surface area contributed by atoms with Gasteiger partial charge in [0.15, 0.2) is 0 Å². The quantitative estimate of drug-likeness (QED) is 0.824. The summed E-state index contributed by atoms with van der Waals surface area (Å²) in [6.45, 7) is 11.9. The van der Waals surface area contributed by atoms with Crippen LogP contribution in [0.1, 0.15) is 41.2 Å². The molecule has 90 valence electrons. The van der Waals surface area contributed by atoms with Gasteiger partial charge in [-0.15, -0.1) is 0 Å². The number of aryl methyl sites for hydroxylation is 2. The summed E-state index contributed by atoms with van der Waals surface area (Å²) in [6, 6.07) is 2.29. The van der Waals surface area contributed by atoms with Gasteiger partial charge < -0.3 is 5.73 Å². The Morgan fingerprint density at radius 3 is 1.94 bits per heavy atom. The lowest BCUT2D eigenvalue weighted by Gasteiger charge is -2.19. The number of rotatable bonds is 4. The number of benzene rings is 1. The molecule has 1 aromatic carbocycles. The monoisotopic (exact) mass is 219 g/mol. The highest BCUT2D eigenvalue weighted by Crippen LogP contribution is 2.24. The van der Waals surface area contributed by atoms with Gasteiger partial charge in [-0.25, -0.2) is 0 Å². The van der Waals surface area contributed by atoms with Crippen LogP contribution in [0.15, 0.2) is 6.07 Å². The van der Waals surface area contributed by atoms with Crippen LogP contribution >= 0.6 is 0 Å². The van der Waals surface area contributed by atoms with Crippen LogP contribution < -0.4 is 5.73 Å². The molecule has 1 unspecified atom stereocenters. The lowest BCUT2D eigenvalue weighted by molar-refractivity contribution is 0.516. The maximum absolute atomic E-state index is 5.81. The second-order valence-corrected chi connectivity index (χ2v) is 4.95. The molecule has 0 aliphatic carbocycles. The molecular formula is C15H25N. The summed E-state index contributed by atoms with van der Waals surface area (Å²) >= 11 is 0. The highest BCUT2D eigenvalue weighted by molar-refractivity contribution is 5.44. The Kier molecular flexibility index (Phi) is 4.55. The van der Waals surface area contributed by atoms with E-state index in [0.29, 0.717) is 5.92 Å². The average Bonchev–Trinajstić information content (AvgIpc) is 2.27. The van der Waals surface area contributed by atoms with Gasteiger partial charge in [-0.3, -0.25) is 0 Å². The van der Waals surface area contributed by atoms with Crippen LogP contribution in [0, 0.1) is 33.6 Å². The first kappa shape index (κ1) is 13.2. The number of hydrogen-bond acceptors (Lipinski definition) is 1. The molecule has 2 N–H and O–H groups in total. The maximum Gasteiger partial charge on any atom is -0.00458 e. The molecule has 1 rings (SSSR count). The van der Waals surface area contributed by atoms with Crippen molar-refractivity contribution in [2.45, 2.75) is 47.5 Å². The van der Waals surface area contributed by atoms with Gasteiger partial charge in [-0.1, -0.05) is 19.4 Å². The van der Waals surface area contributed by atoms with Gasteiger partial charge in [0.05, 0.1) is 0 Å². The fraction of sp³-hybridized carbons (Fsp3) is 0.600. The lowest BCUT2D eigenvalue weighted by atomic mass is 9.87. The molecule has 0 bridgehead atoms. The van der Waals surface area contributed by atoms with E-state index in [1.165, 1.54) is 34.2 Å². The van der Waals surface area contributed by atoms with Gasteiger partial charge in [-0.2, -0.15) is 0 Å². The van der Waals surface area contributed by atoms with Gasteiger partial charge >= 0.3 is 0 Å². The van der Waals surface area contributed by atoms with Crippen LogP contribution in [0.5, 0.6) is 0 Å². The summed E-state index contributed by atoms with van der Waals surface area (Å²) in [5, 5.41) is 0. The minimum absolute atomic E-state index is 0.624. The van der Waals surface area contributed by atoms with Crippen molar-refractivity contribution in [2.24, 2.45) is 11.7 Å². The number of nitrogens with two attached hydrogens (primary N) is 1. The van der Waals surface area contributed by atoms with E-state index in [9.17, 15) is 0 Å². The zero-order valence-electron chi connectivity index (χ0n) is 11.4. The summed E-state index contributed by atoms with van der Waals surface area (Å²) in [4.78, 5) is 0. The van der Waals surface area contributed by atoms with Gasteiger partial charge in [-0.05, 0) is 74.4 Å². The van der Waals surface area contributed by atoms with Gasteiger partial charge in [0.1, 0.15) is 0 Å². The fourth-order valence-electron chi connectivity index (χ4n) is 2.29. The average molecular weight is 219 g/mol. The Hall–Kier alpha value is -0.820. The molecule has 0 spiro atoms. The minimum atomic E-state index is 0.624. The van der Waals surface area contributed by atoms with E-state index in [2.05, 4.69) is 40.7 Å². The first-order valence-corrected chi connectivity index (χ1v) is 6.27. The van der Waals surface area contributed by atoms with Crippen molar-refractivity contribution in [3.05, 3.63) is 33.9 Å². The van der Waals surface area contributed by atoms with E-state index in [4.69, 9.17) is 5.73 Å². The molecule has 0 aliphatic rings. The van der Waals surface area contributed by atoms with Crippen LogP contribution in [0.3, 0.4) is 0 Å². The smallest absolute Gasteiger partial charge is 0.00458 e. The zero-order chi connectivity index (χ0) is 12.3. The Bertz CT molecular complexity index is 336. The molecule has 0 radical (unpaired) electrons. The highest BCUT2D eigenvalue weighted by Gasteiger charge is 2.12. The van der Waals surface area contributed by atoms with Gasteiger partial charge in [0.2, 0.25) is 0 Å². The summed E-state index contributed by atoms with van der Waals surface area (Å²) in [7, 11) is 0. The van der Waals surface area contributed by atoms with Crippen molar-refractivity contribution in [2.75, 3.05) is 6.54 Å². The molecule has 0 amide bonds. The molecule has 0 fully saturated rings. The summed E-state index contributed by atoms with van der Waals surface area (Å²) in [5.74, 6) is 0.624. The van der Waals surface area contributed by atoms with Crippen molar-refractivity contribution in [3.8, 4) is 0 Å². The van der Waals surface area contributed by atoms with Crippen molar-refractivity contribution in [3.63, 3.8) is 0 Å². The predicted molar refractivity (Wildman–Crippen MR) is 71.9 cm³/mol. The standard InChI is InChI=1S/C15H25N/c1-6-14(9-16)8-15-12(4)10(2)7-11(3)13(15)5/h7,14H,6,8-9,16H2,1-5H3. The molecule has 0 saturated carbocycles. The Balaban J connectivity index is 3.11. The van der Waals surface area contributed by atoms with E-state index in [-0.39, 0.29) is 0 Å². The van der Waals surface area contributed by atoms with Crippen molar-refractivity contribution >= 4 is 0 Å². The zero-order valence-corrected chi connectivity index (χ0v) is 11.4. The second kappa shape index (κ2) is 5.49. The van der Waals surface area contributed by atoms with Gasteiger partial charge in [0, 0.05) is 0 Å². The molecule has 0 saturated heterocycles. The third kappa shape index (κ3) is 2.65. The molecule has 0 aliphatic heterocycles. The van der Waals surface area contributed by atoms with E-state index < -0.39 is 0 Å². The number of hydrogen-bond donors (Lipinski definition) is 1. The predicted octanol–water partition coefficient (Wildman–Crippen LogP) is 3.45. The van der Waals surface area contributed by atoms with Crippen molar-refractivity contribution in [1.29, 1.82) is 0 Å². The van der Waals surface area contributed by atoms with Crippen LogP contribution in [-0.4, -0.2) is 6.54 Å². The van der Waals surface area contributed by atoms with E-state index >= 15 is 0 Å². The Morgan fingerprint density at radius 1 is 1.06 bits per heavy atom. The van der Waals surface area contributed by atoms with Crippen LogP contribution in [-0.2, 0) is 6.42 Å². The molecule has 1 atom stereocenters. The third-order valence-electron chi connectivity index (χ3n) is 3.92. The summed E-state index contributed by atoms with van der Waals surface area (Å²) in [6.07, 6.45) is 2.30. The molecule has 16 heavy (non-hydrogen) atoms. The van der Waals surface area contributed by atoms with E-state index in [0.717, 1.165) is 13.0 Å². The Labute approximate surface area is 100 Å².